The maximum atomic E-state index is 12.6. The van der Waals surface area contributed by atoms with E-state index in [2.05, 4.69) is 5.32 Å². The number of amides is 1. The number of hydrogen-bond donors (Lipinski definition) is 1. The number of ketones is 1. The van der Waals surface area contributed by atoms with Gasteiger partial charge in [-0.05, 0) is 32.2 Å². The van der Waals surface area contributed by atoms with E-state index in [1.807, 2.05) is 18.7 Å². The van der Waals surface area contributed by atoms with Crippen molar-refractivity contribution in [2.75, 3.05) is 38.6 Å². The van der Waals surface area contributed by atoms with E-state index in [9.17, 15) is 9.59 Å². The van der Waals surface area contributed by atoms with Crippen molar-refractivity contribution in [3.8, 4) is 11.5 Å². The molecule has 2 aliphatic rings. The van der Waals surface area contributed by atoms with Gasteiger partial charge in [-0.15, -0.1) is 0 Å². The van der Waals surface area contributed by atoms with Gasteiger partial charge in [0.05, 0.1) is 31.8 Å². The standard InChI is InChI=1S/C18H24N2O5S/c1-12(18(22)13-3-4-15-16(7-13)25-11-24-15)20(2)10-19-17(21)5-6-23-14-8-26-9-14/h3-4,7,12,14H,5-6,8-11H2,1-2H3,(H,19,21). The molecule has 2 heterocycles. The SMILES string of the molecule is CC(C(=O)c1ccc2c(c1)OCO2)N(C)CNC(=O)CCOC1CSC1. The summed E-state index contributed by atoms with van der Waals surface area (Å²) in [5.74, 6) is 3.16. The van der Waals surface area contributed by atoms with Crippen LogP contribution in [0.15, 0.2) is 18.2 Å². The van der Waals surface area contributed by atoms with E-state index >= 15 is 0 Å². The van der Waals surface area contributed by atoms with Crippen molar-refractivity contribution in [3.63, 3.8) is 0 Å². The van der Waals surface area contributed by atoms with Gasteiger partial charge in [-0.3, -0.25) is 14.5 Å². The molecule has 1 amide bonds. The van der Waals surface area contributed by atoms with Crippen molar-refractivity contribution < 1.29 is 23.8 Å². The molecule has 0 spiro atoms. The first-order valence-corrected chi connectivity index (χ1v) is 9.80. The monoisotopic (exact) mass is 380 g/mol. The highest BCUT2D eigenvalue weighted by atomic mass is 32.2. The maximum absolute atomic E-state index is 12.6. The third kappa shape index (κ3) is 4.69. The smallest absolute Gasteiger partial charge is 0.231 e. The van der Waals surface area contributed by atoms with Gasteiger partial charge >= 0.3 is 0 Å². The van der Waals surface area contributed by atoms with Gasteiger partial charge < -0.3 is 19.5 Å². The second-order valence-electron chi connectivity index (χ2n) is 6.40. The fraction of sp³-hybridized carbons (Fsp3) is 0.556. The molecule has 1 unspecified atom stereocenters. The van der Waals surface area contributed by atoms with Crippen LogP contribution in [0.5, 0.6) is 11.5 Å². The van der Waals surface area contributed by atoms with Gasteiger partial charge in [0.1, 0.15) is 0 Å². The third-order valence-electron chi connectivity index (χ3n) is 4.51. The number of carbonyl (C=O) groups is 2. The molecule has 1 aromatic carbocycles. The minimum Gasteiger partial charge on any atom is -0.454 e. The summed E-state index contributed by atoms with van der Waals surface area (Å²) in [6.07, 6.45) is 0.634. The first kappa shape index (κ1) is 19.0. The predicted octanol–water partition coefficient (Wildman–Crippen LogP) is 1.51. The van der Waals surface area contributed by atoms with Crippen LogP contribution in [0, 0.1) is 0 Å². The van der Waals surface area contributed by atoms with Crippen LogP contribution in [0.1, 0.15) is 23.7 Å². The molecule has 7 nitrogen and oxygen atoms in total. The number of rotatable bonds is 9. The highest BCUT2D eigenvalue weighted by Crippen LogP contribution is 2.32. The fourth-order valence-corrected chi connectivity index (χ4v) is 3.18. The predicted molar refractivity (Wildman–Crippen MR) is 98.8 cm³/mol. The van der Waals surface area contributed by atoms with Crippen LogP contribution in [-0.4, -0.2) is 67.4 Å². The van der Waals surface area contributed by atoms with Crippen molar-refractivity contribution in [2.24, 2.45) is 0 Å². The van der Waals surface area contributed by atoms with Gasteiger partial charge in [0.2, 0.25) is 12.7 Å². The van der Waals surface area contributed by atoms with Crippen molar-refractivity contribution in [1.82, 2.24) is 10.2 Å². The molecular weight excluding hydrogens is 356 g/mol. The summed E-state index contributed by atoms with van der Waals surface area (Å²) < 4.78 is 16.1. The van der Waals surface area contributed by atoms with E-state index in [1.165, 1.54) is 0 Å². The van der Waals surface area contributed by atoms with Crippen molar-refractivity contribution in [1.29, 1.82) is 0 Å². The maximum Gasteiger partial charge on any atom is 0.231 e. The van der Waals surface area contributed by atoms with Crippen LogP contribution in [0.2, 0.25) is 0 Å². The summed E-state index contributed by atoms with van der Waals surface area (Å²) in [5.41, 5.74) is 0.562. The van der Waals surface area contributed by atoms with Gasteiger partial charge in [-0.1, -0.05) is 0 Å². The molecule has 26 heavy (non-hydrogen) atoms. The Morgan fingerprint density at radius 2 is 2.12 bits per heavy atom. The van der Waals surface area contributed by atoms with E-state index in [1.54, 1.807) is 30.1 Å². The molecule has 3 rings (SSSR count). The fourth-order valence-electron chi connectivity index (χ4n) is 2.56. The zero-order chi connectivity index (χ0) is 18.5. The van der Waals surface area contributed by atoms with E-state index in [4.69, 9.17) is 14.2 Å². The van der Waals surface area contributed by atoms with E-state index < -0.39 is 0 Å². The average molecular weight is 380 g/mol. The lowest BCUT2D eigenvalue weighted by Gasteiger charge is -2.25. The van der Waals surface area contributed by atoms with Crippen molar-refractivity contribution in [3.05, 3.63) is 23.8 Å². The minimum absolute atomic E-state index is 0.0362. The molecule has 1 saturated heterocycles. The summed E-state index contributed by atoms with van der Waals surface area (Å²) in [4.78, 5) is 26.3. The van der Waals surface area contributed by atoms with Crippen LogP contribution in [-0.2, 0) is 9.53 Å². The number of fused-ring (bicyclic) bond motifs is 1. The second-order valence-corrected chi connectivity index (χ2v) is 7.48. The Hall–Kier alpha value is -1.77. The number of carbonyl (C=O) groups excluding carboxylic acids is 2. The van der Waals surface area contributed by atoms with Gasteiger partial charge in [0, 0.05) is 17.1 Å². The zero-order valence-corrected chi connectivity index (χ0v) is 15.8. The van der Waals surface area contributed by atoms with Gasteiger partial charge in [-0.25, -0.2) is 0 Å². The Kier molecular flexibility index (Phi) is 6.39. The Morgan fingerprint density at radius 1 is 1.35 bits per heavy atom. The number of Topliss-reactive ketones (excluding diaryl/α,β-unsaturated/α-hetero) is 1. The third-order valence-corrected chi connectivity index (χ3v) is 5.73. The summed E-state index contributed by atoms with van der Waals surface area (Å²) >= 11 is 1.85. The highest BCUT2D eigenvalue weighted by Gasteiger charge is 2.23. The van der Waals surface area contributed by atoms with Crippen LogP contribution in [0.25, 0.3) is 0 Å². The summed E-state index contributed by atoms with van der Waals surface area (Å²) in [7, 11) is 1.80. The lowest BCUT2D eigenvalue weighted by Crippen LogP contribution is -2.43. The normalized spacial score (nSPS) is 17.0. The van der Waals surface area contributed by atoms with Gasteiger partial charge in [0.25, 0.3) is 0 Å². The Bertz CT molecular complexity index is 665. The van der Waals surface area contributed by atoms with Crippen LogP contribution < -0.4 is 14.8 Å². The summed E-state index contributed by atoms with van der Waals surface area (Å²) in [6, 6.07) is 4.79. The molecule has 0 bridgehead atoms. The number of ether oxygens (including phenoxy) is 3. The number of nitrogens with one attached hydrogen (secondary N) is 1. The Morgan fingerprint density at radius 3 is 2.85 bits per heavy atom. The molecule has 0 aromatic heterocycles. The molecule has 142 valence electrons. The number of nitrogens with zero attached hydrogens (tertiary/aromatic N) is 1. The van der Waals surface area contributed by atoms with E-state index in [-0.39, 0.29) is 24.5 Å². The topological polar surface area (TPSA) is 77.1 Å². The summed E-state index contributed by atoms with van der Waals surface area (Å²) in [6.45, 7) is 2.73. The summed E-state index contributed by atoms with van der Waals surface area (Å²) in [5, 5.41) is 2.83. The van der Waals surface area contributed by atoms with Crippen LogP contribution in [0.3, 0.4) is 0 Å². The second kappa shape index (κ2) is 8.75. The zero-order valence-electron chi connectivity index (χ0n) is 15.0. The molecule has 2 aliphatic heterocycles. The minimum atomic E-state index is -0.376. The van der Waals surface area contributed by atoms with Gasteiger partial charge in [-0.2, -0.15) is 11.8 Å². The molecule has 0 radical (unpaired) electrons. The molecule has 0 aliphatic carbocycles. The first-order chi connectivity index (χ1) is 12.5. The van der Waals surface area contributed by atoms with Gasteiger partial charge in [0.15, 0.2) is 17.3 Å². The first-order valence-electron chi connectivity index (χ1n) is 8.64. The number of likely N-dealkylation sites (N-methyl/N-ethyl adjacent to an activating group) is 1. The van der Waals surface area contributed by atoms with Crippen molar-refractivity contribution in [2.45, 2.75) is 25.5 Å². The molecule has 0 saturated carbocycles. The number of hydrogen-bond acceptors (Lipinski definition) is 7. The molecule has 1 fully saturated rings. The van der Waals surface area contributed by atoms with Crippen LogP contribution >= 0.6 is 11.8 Å². The van der Waals surface area contributed by atoms with Crippen molar-refractivity contribution >= 4 is 23.5 Å². The van der Waals surface area contributed by atoms with E-state index in [0.717, 1.165) is 11.5 Å². The average Bonchev–Trinajstić information content (AvgIpc) is 3.08. The highest BCUT2D eigenvalue weighted by molar-refractivity contribution is 8.00. The Balaban J connectivity index is 1.42. The molecule has 1 N–H and O–H groups in total. The number of benzene rings is 1. The van der Waals surface area contributed by atoms with E-state index in [0.29, 0.717) is 42.9 Å². The lowest BCUT2D eigenvalue weighted by atomic mass is 10.0. The quantitative estimate of drug-likeness (QED) is 0.514. The number of thioether (sulfide) groups is 1. The largest absolute Gasteiger partial charge is 0.454 e. The Labute approximate surface area is 157 Å². The molecule has 1 aromatic rings. The molecule has 1 atom stereocenters. The lowest BCUT2D eigenvalue weighted by molar-refractivity contribution is -0.123. The van der Waals surface area contributed by atoms with Crippen LogP contribution in [0.4, 0.5) is 0 Å². The molecule has 8 heteroatoms. The molecular formula is C18H24N2O5S.